The molecule has 0 aromatic heterocycles. The molecule has 5 heteroatoms. The first-order valence-corrected chi connectivity index (χ1v) is 7.92. The minimum Gasteiger partial charge on any atom is -0.491 e. The third kappa shape index (κ3) is 4.71. The summed E-state index contributed by atoms with van der Waals surface area (Å²) in [6.45, 7) is 5.06. The molecule has 0 unspecified atom stereocenters. The van der Waals surface area contributed by atoms with Crippen LogP contribution in [-0.4, -0.2) is 36.8 Å². The van der Waals surface area contributed by atoms with E-state index in [1.807, 2.05) is 48.5 Å². The Labute approximate surface area is 142 Å². The van der Waals surface area contributed by atoms with Crippen LogP contribution in [0.3, 0.4) is 0 Å². The molecule has 0 saturated heterocycles. The number of benzene rings is 2. The van der Waals surface area contributed by atoms with Crippen LogP contribution in [0.5, 0.6) is 11.5 Å². The Kier molecular flexibility index (Phi) is 6.61. The number of hydrogen-bond acceptors (Lipinski definition) is 5. The predicted octanol–water partition coefficient (Wildman–Crippen LogP) is 3.25. The molecule has 5 nitrogen and oxygen atoms in total. The average molecular weight is 332 g/mol. The molecule has 2 aromatic carbocycles. The van der Waals surface area contributed by atoms with E-state index in [0.29, 0.717) is 13.2 Å². The summed E-state index contributed by atoms with van der Waals surface area (Å²) in [7, 11) is 0. The molecule has 0 bridgehead atoms. The highest BCUT2D eigenvalue weighted by atomic mass is 17.1. The number of rotatable bonds is 9. The molecule has 2 aromatic rings. The largest absolute Gasteiger partial charge is 0.491 e. The number of aliphatic hydroxyl groups is 1. The van der Waals surface area contributed by atoms with Crippen LogP contribution >= 0.6 is 0 Å². The average Bonchev–Trinajstić information content (AvgIpc) is 2.61. The molecule has 24 heavy (non-hydrogen) atoms. The maximum atomic E-state index is 8.80. The van der Waals surface area contributed by atoms with Crippen molar-refractivity contribution in [1.29, 1.82) is 0 Å². The van der Waals surface area contributed by atoms with Gasteiger partial charge in [0.05, 0.1) is 6.61 Å². The van der Waals surface area contributed by atoms with E-state index in [4.69, 9.17) is 19.8 Å². The minimum absolute atomic E-state index is 0.00605. The van der Waals surface area contributed by atoms with E-state index in [0.717, 1.165) is 17.1 Å². The van der Waals surface area contributed by atoms with Crippen molar-refractivity contribution in [2.24, 2.45) is 0 Å². The van der Waals surface area contributed by atoms with Crippen molar-refractivity contribution in [2.75, 3.05) is 26.4 Å². The van der Waals surface area contributed by atoms with Crippen LogP contribution in [-0.2, 0) is 10.3 Å². The zero-order chi connectivity index (χ0) is 17.4. The summed E-state index contributed by atoms with van der Waals surface area (Å²) in [6.07, 6.45) is 0. The highest BCUT2D eigenvalue weighted by Crippen LogP contribution is 2.33. The fourth-order valence-electron chi connectivity index (χ4n) is 2.46. The van der Waals surface area contributed by atoms with E-state index < -0.39 is 0 Å². The van der Waals surface area contributed by atoms with Crippen LogP contribution in [0.25, 0.3) is 0 Å². The second kappa shape index (κ2) is 8.68. The zero-order valence-electron chi connectivity index (χ0n) is 14.1. The maximum Gasteiger partial charge on any atom is 0.119 e. The molecule has 2 rings (SSSR count). The molecule has 0 radical (unpaired) electrons. The third-order valence-electron chi connectivity index (χ3n) is 3.96. The van der Waals surface area contributed by atoms with Gasteiger partial charge in [0.15, 0.2) is 0 Å². The van der Waals surface area contributed by atoms with Crippen molar-refractivity contribution in [1.82, 2.24) is 0 Å². The first-order chi connectivity index (χ1) is 11.6. The molecule has 0 spiro atoms. The highest BCUT2D eigenvalue weighted by Gasteiger charge is 2.23. The van der Waals surface area contributed by atoms with Gasteiger partial charge in [-0.15, -0.1) is 0 Å². The first kappa shape index (κ1) is 18.3. The third-order valence-corrected chi connectivity index (χ3v) is 3.96. The molecule has 0 heterocycles. The summed E-state index contributed by atoms with van der Waals surface area (Å²) in [4.78, 5) is 3.98. The van der Waals surface area contributed by atoms with E-state index >= 15 is 0 Å². The minimum atomic E-state index is -0.164. The van der Waals surface area contributed by atoms with Gasteiger partial charge in [-0.2, -0.15) is 0 Å². The molecule has 0 aliphatic rings. The Hall–Kier alpha value is -2.08. The Bertz CT molecular complexity index is 605. The maximum absolute atomic E-state index is 8.80. The Balaban J connectivity index is 2.08. The van der Waals surface area contributed by atoms with Gasteiger partial charge >= 0.3 is 0 Å². The standard InChI is InChI=1S/C19H24O5/c1-19(2,15-3-7-17(8-4-15)22-12-11-20)16-5-9-18(10-6-16)23-13-14-24-21/h3-10,20-21H,11-14H2,1-2H3. The van der Waals surface area contributed by atoms with E-state index in [1.54, 1.807) is 0 Å². The second-order valence-electron chi connectivity index (χ2n) is 5.93. The molecule has 0 aliphatic carbocycles. The molecule has 2 N–H and O–H groups in total. The van der Waals surface area contributed by atoms with Crippen LogP contribution in [0, 0.1) is 0 Å². The van der Waals surface area contributed by atoms with E-state index in [9.17, 15) is 0 Å². The lowest BCUT2D eigenvalue weighted by Gasteiger charge is -2.26. The summed E-state index contributed by atoms with van der Waals surface area (Å²) in [5.74, 6) is 1.48. The van der Waals surface area contributed by atoms with Gasteiger partial charge in [-0.3, -0.25) is 5.26 Å². The summed E-state index contributed by atoms with van der Waals surface area (Å²) in [5, 5.41) is 17.1. The summed E-state index contributed by atoms with van der Waals surface area (Å²) in [6, 6.07) is 15.8. The number of aliphatic hydroxyl groups excluding tert-OH is 1. The SMILES string of the molecule is CC(C)(c1ccc(OCCO)cc1)c1ccc(OCCOO)cc1. The summed E-state index contributed by atoms with van der Waals surface area (Å²) < 4.78 is 10.8. The molecule has 0 atom stereocenters. The van der Waals surface area contributed by atoms with Crippen molar-refractivity contribution in [3.63, 3.8) is 0 Å². The molecule has 0 fully saturated rings. The van der Waals surface area contributed by atoms with E-state index in [-0.39, 0.29) is 18.6 Å². The topological polar surface area (TPSA) is 68.2 Å². The van der Waals surface area contributed by atoms with Crippen molar-refractivity contribution in [3.05, 3.63) is 59.7 Å². The van der Waals surface area contributed by atoms with Gasteiger partial charge in [0.1, 0.15) is 31.3 Å². The Morgan fingerprint density at radius 1 is 0.750 bits per heavy atom. The van der Waals surface area contributed by atoms with Gasteiger partial charge in [-0.1, -0.05) is 38.1 Å². The molecule has 130 valence electrons. The first-order valence-electron chi connectivity index (χ1n) is 7.92. The molecule has 0 saturated carbocycles. The van der Waals surface area contributed by atoms with Gasteiger partial charge in [0.2, 0.25) is 0 Å². The molecule has 0 aliphatic heterocycles. The highest BCUT2D eigenvalue weighted by molar-refractivity contribution is 5.41. The summed E-state index contributed by atoms with van der Waals surface area (Å²) in [5.41, 5.74) is 2.17. The Morgan fingerprint density at radius 2 is 1.21 bits per heavy atom. The fourth-order valence-corrected chi connectivity index (χ4v) is 2.46. The second-order valence-corrected chi connectivity index (χ2v) is 5.93. The number of hydrogen-bond donors (Lipinski definition) is 2. The van der Waals surface area contributed by atoms with Crippen molar-refractivity contribution >= 4 is 0 Å². The van der Waals surface area contributed by atoms with Gasteiger partial charge in [-0.05, 0) is 35.4 Å². The normalized spacial score (nSPS) is 11.3. The van der Waals surface area contributed by atoms with Crippen LogP contribution in [0.2, 0.25) is 0 Å². The van der Waals surface area contributed by atoms with Gasteiger partial charge in [0, 0.05) is 5.41 Å². The molecular weight excluding hydrogens is 308 g/mol. The Morgan fingerprint density at radius 3 is 1.62 bits per heavy atom. The van der Waals surface area contributed by atoms with Gasteiger partial charge in [-0.25, -0.2) is 4.89 Å². The van der Waals surface area contributed by atoms with E-state index in [2.05, 4.69) is 18.7 Å². The predicted molar refractivity (Wildman–Crippen MR) is 91.7 cm³/mol. The van der Waals surface area contributed by atoms with Crippen LogP contribution in [0.4, 0.5) is 0 Å². The quantitative estimate of drug-likeness (QED) is 0.419. The summed E-state index contributed by atoms with van der Waals surface area (Å²) >= 11 is 0. The monoisotopic (exact) mass is 332 g/mol. The van der Waals surface area contributed by atoms with Crippen LogP contribution in [0.1, 0.15) is 25.0 Å². The van der Waals surface area contributed by atoms with E-state index in [1.165, 1.54) is 5.56 Å². The number of ether oxygens (including phenoxy) is 2. The van der Waals surface area contributed by atoms with Crippen molar-refractivity contribution in [3.8, 4) is 11.5 Å². The van der Waals surface area contributed by atoms with Crippen molar-refractivity contribution in [2.45, 2.75) is 19.3 Å². The molecule has 0 amide bonds. The lowest BCUT2D eigenvalue weighted by Crippen LogP contribution is -2.18. The van der Waals surface area contributed by atoms with Gasteiger partial charge in [0.25, 0.3) is 0 Å². The lowest BCUT2D eigenvalue weighted by atomic mass is 9.78. The van der Waals surface area contributed by atoms with Crippen molar-refractivity contribution < 1.29 is 24.7 Å². The van der Waals surface area contributed by atoms with Gasteiger partial charge < -0.3 is 14.6 Å². The fraction of sp³-hybridized carbons (Fsp3) is 0.368. The zero-order valence-corrected chi connectivity index (χ0v) is 14.1. The van der Waals surface area contributed by atoms with Crippen LogP contribution in [0.15, 0.2) is 48.5 Å². The van der Waals surface area contributed by atoms with Crippen LogP contribution < -0.4 is 9.47 Å². The lowest BCUT2D eigenvalue weighted by molar-refractivity contribution is -0.245. The smallest absolute Gasteiger partial charge is 0.119 e. The molecular formula is C19H24O5.